The van der Waals surface area contributed by atoms with E-state index < -0.39 is 5.97 Å². The first-order valence-electron chi connectivity index (χ1n) is 5.20. The Morgan fingerprint density at radius 2 is 2.35 bits per heavy atom. The van der Waals surface area contributed by atoms with Crippen molar-refractivity contribution in [2.75, 3.05) is 5.32 Å². The molecule has 0 unspecified atom stereocenters. The maximum absolute atomic E-state index is 10.8. The average molecular weight is 231 g/mol. The van der Waals surface area contributed by atoms with Crippen molar-refractivity contribution < 1.29 is 9.90 Å². The number of nitrogens with one attached hydrogen (secondary N) is 1. The lowest BCUT2D eigenvalue weighted by atomic mass is 10.2. The van der Waals surface area contributed by atoms with Crippen molar-refractivity contribution in [2.45, 2.75) is 6.54 Å². The van der Waals surface area contributed by atoms with Crippen LogP contribution in [0.1, 0.15) is 16.2 Å². The zero-order valence-corrected chi connectivity index (χ0v) is 9.42. The molecule has 0 bridgehead atoms. The second-order valence-electron chi connectivity index (χ2n) is 3.69. The number of carboxylic acids is 1. The minimum absolute atomic E-state index is 0.273. The molecular weight excluding hydrogens is 218 g/mol. The molecular formula is C12H13N3O2. The lowest BCUT2D eigenvalue weighted by Crippen LogP contribution is -2.06. The number of aromatic carboxylic acids is 1. The van der Waals surface area contributed by atoms with Crippen LogP contribution in [0.4, 0.5) is 5.69 Å². The van der Waals surface area contributed by atoms with E-state index in [9.17, 15) is 4.79 Å². The molecule has 5 nitrogen and oxygen atoms in total. The Kier molecular flexibility index (Phi) is 3.09. The van der Waals surface area contributed by atoms with Gasteiger partial charge in [-0.1, -0.05) is 6.07 Å². The Hall–Kier alpha value is -2.30. The van der Waals surface area contributed by atoms with Crippen molar-refractivity contribution in [2.24, 2.45) is 7.05 Å². The van der Waals surface area contributed by atoms with Crippen molar-refractivity contribution >= 4 is 11.7 Å². The van der Waals surface area contributed by atoms with Crippen LogP contribution in [0.15, 0.2) is 36.7 Å². The minimum atomic E-state index is -0.925. The van der Waals surface area contributed by atoms with Crippen LogP contribution in [-0.2, 0) is 13.6 Å². The van der Waals surface area contributed by atoms with Gasteiger partial charge in [-0.05, 0) is 18.2 Å². The third-order valence-corrected chi connectivity index (χ3v) is 2.48. The van der Waals surface area contributed by atoms with E-state index in [1.54, 1.807) is 24.4 Å². The summed E-state index contributed by atoms with van der Waals surface area (Å²) in [5.41, 5.74) is 1.04. The number of carboxylic acid groups (broad SMARTS) is 1. The van der Waals surface area contributed by atoms with E-state index in [0.717, 1.165) is 11.5 Å². The van der Waals surface area contributed by atoms with E-state index in [1.165, 1.54) is 0 Å². The van der Waals surface area contributed by atoms with Gasteiger partial charge in [-0.25, -0.2) is 9.78 Å². The highest BCUT2D eigenvalue weighted by Crippen LogP contribution is 2.11. The van der Waals surface area contributed by atoms with E-state index in [-0.39, 0.29) is 5.56 Å². The first kappa shape index (κ1) is 11.2. The van der Waals surface area contributed by atoms with Crippen molar-refractivity contribution in [1.82, 2.24) is 9.55 Å². The number of benzene rings is 1. The van der Waals surface area contributed by atoms with Gasteiger partial charge in [0, 0.05) is 25.1 Å². The Bertz CT molecular complexity index is 534. The van der Waals surface area contributed by atoms with Crippen LogP contribution in [0.25, 0.3) is 0 Å². The summed E-state index contributed by atoms with van der Waals surface area (Å²) >= 11 is 0. The number of aryl methyl sites for hydroxylation is 1. The van der Waals surface area contributed by atoms with Gasteiger partial charge in [0.05, 0.1) is 12.1 Å². The lowest BCUT2D eigenvalue weighted by Gasteiger charge is -2.07. The number of nitrogens with zero attached hydrogens (tertiary/aromatic N) is 2. The van der Waals surface area contributed by atoms with Crippen LogP contribution in [-0.4, -0.2) is 20.6 Å². The van der Waals surface area contributed by atoms with E-state index in [2.05, 4.69) is 10.3 Å². The predicted molar refractivity (Wildman–Crippen MR) is 63.9 cm³/mol. The molecule has 0 radical (unpaired) electrons. The topological polar surface area (TPSA) is 67.2 Å². The molecule has 1 aromatic heterocycles. The third kappa shape index (κ3) is 2.63. The van der Waals surface area contributed by atoms with Gasteiger partial charge in [0.1, 0.15) is 5.82 Å². The SMILES string of the molecule is Cn1ccnc1CNc1cccc(C(=O)O)c1. The van der Waals surface area contributed by atoms with Crippen LogP contribution in [0.5, 0.6) is 0 Å². The molecule has 1 aromatic carbocycles. The van der Waals surface area contributed by atoms with E-state index >= 15 is 0 Å². The maximum Gasteiger partial charge on any atom is 0.335 e. The maximum atomic E-state index is 10.8. The highest BCUT2D eigenvalue weighted by atomic mass is 16.4. The molecule has 88 valence electrons. The Balaban J connectivity index is 2.07. The van der Waals surface area contributed by atoms with Crippen molar-refractivity contribution in [1.29, 1.82) is 0 Å². The largest absolute Gasteiger partial charge is 0.478 e. The lowest BCUT2D eigenvalue weighted by molar-refractivity contribution is 0.0697. The van der Waals surface area contributed by atoms with Crippen molar-refractivity contribution in [3.8, 4) is 0 Å². The van der Waals surface area contributed by atoms with Gasteiger partial charge < -0.3 is 15.0 Å². The fourth-order valence-electron chi connectivity index (χ4n) is 1.51. The van der Waals surface area contributed by atoms with Crippen LogP contribution < -0.4 is 5.32 Å². The first-order chi connectivity index (χ1) is 8.16. The van der Waals surface area contributed by atoms with Gasteiger partial charge >= 0.3 is 5.97 Å². The third-order valence-electron chi connectivity index (χ3n) is 2.48. The molecule has 0 amide bonds. The predicted octanol–water partition coefficient (Wildman–Crippen LogP) is 1.73. The van der Waals surface area contributed by atoms with Crippen LogP contribution in [0.3, 0.4) is 0 Å². The summed E-state index contributed by atoms with van der Waals surface area (Å²) in [6, 6.07) is 6.71. The van der Waals surface area contributed by atoms with Gasteiger partial charge in [0.2, 0.25) is 0 Å². The number of aromatic nitrogens is 2. The molecule has 0 aliphatic carbocycles. The number of hydrogen-bond acceptors (Lipinski definition) is 3. The van der Waals surface area contributed by atoms with Gasteiger partial charge in [0.15, 0.2) is 0 Å². The molecule has 0 spiro atoms. The summed E-state index contributed by atoms with van der Waals surface area (Å²) in [6.45, 7) is 0.562. The van der Waals surface area contributed by atoms with Gasteiger partial charge in [0.25, 0.3) is 0 Å². The fraction of sp³-hybridized carbons (Fsp3) is 0.167. The highest BCUT2D eigenvalue weighted by Gasteiger charge is 2.03. The van der Waals surface area contributed by atoms with Crippen molar-refractivity contribution in [3.05, 3.63) is 48.0 Å². The van der Waals surface area contributed by atoms with Crippen LogP contribution in [0.2, 0.25) is 0 Å². The molecule has 17 heavy (non-hydrogen) atoms. The van der Waals surface area contributed by atoms with E-state index in [4.69, 9.17) is 5.11 Å². The molecule has 2 aromatic rings. The second-order valence-corrected chi connectivity index (χ2v) is 3.69. The summed E-state index contributed by atoms with van der Waals surface area (Å²) in [5, 5.41) is 12.0. The minimum Gasteiger partial charge on any atom is -0.478 e. The Morgan fingerprint density at radius 1 is 1.53 bits per heavy atom. The quantitative estimate of drug-likeness (QED) is 0.841. The molecule has 0 saturated heterocycles. The van der Waals surface area contributed by atoms with Gasteiger partial charge in [-0.2, -0.15) is 0 Å². The molecule has 2 rings (SSSR count). The summed E-state index contributed by atoms with van der Waals surface area (Å²) in [6.07, 6.45) is 3.59. The zero-order valence-electron chi connectivity index (χ0n) is 9.42. The monoisotopic (exact) mass is 231 g/mol. The molecule has 0 aliphatic heterocycles. The Labute approximate surface area is 98.7 Å². The molecule has 0 atom stereocenters. The van der Waals surface area contributed by atoms with Gasteiger partial charge in [-0.15, -0.1) is 0 Å². The molecule has 5 heteroatoms. The van der Waals surface area contributed by atoms with E-state index in [1.807, 2.05) is 23.9 Å². The molecule has 1 heterocycles. The number of anilines is 1. The molecule has 2 N–H and O–H groups in total. The number of carbonyl (C=O) groups is 1. The standard InChI is InChI=1S/C12H13N3O2/c1-15-6-5-13-11(15)8-14-10-4-2-3-9(7-10)12(16)17/h2-7,14H,8H2,1H3,(H,16,17). The summed E-state index contributed by atoms with van der Waals surface area (Å²) in [7, 11) is 1.91. The van der Waals surface area contributed by atoms with Crippen molar-refractivity contribution in [3.63, 3.8) is 0 Å². The number of rotatable bonds is 4. The summed E-state index contributed by atoms with van der Waals surface area (Å²) in [4.78, 5) is 15.0. The van der Waals surface area contributed by atoms with E-state index in [0.29, 0.717) is 6.54 Å². The second kappa shape index (κ2) is 4.69. The first-order valence-corrected chi connectivity index (χ1v) is 5.20. The summed E-state index contributed by atoms with van der Waals surface area (Å²) < 4.78 is 1.91. The number of imidazole rings is 1. The average Bonchev–Trinajstić information content (AvgIpc) is 2.72. The normalized spacial score (nSPS) is 10.2. The molecule has 0 saturated carbocycles. The zero-order chi connectivity index (χ0) is 12.3. The van der Waals surface area contributed by atoms with Crippen LogP contribution in [0, 0.1) is 0 Å². The van der Waals surface area contributed by atoms with Gasteiger partial charge in [-0.3, -0.25) is 0 Å². The number of hydrogen-bond donors (Lipinski definition) is 2. The highest BCUT2D eigenvalue weighted by molar-refractivity contribution is 5.88. The smallest absolute Gasteiger partial charge is 0.335 e. The Morgan fingerprint density at radius 3 is 3.00 bits per heavy atom. The molecule has 0 aliphatic rings. The summed E-state index contributed by atoms with van der Waals surface area (Å²) in [5.74, 6) is -0.0311. The van der Waals surface area contributed by atoms with Crippen LogP contribution >= 0.6 is 0 Å². The fourth-order valence-corrected chi connectivity index (χ4v) is 1.51. The molecule has 0 fully saturated rings.